The van der Waals surface area contributed by atoms with Gasteiger partial charge >= 0.3 is 0 Å². The highest BCUT2D eigenvalue weighted by molar-refractivity contribution is 6.32. The van der Waals surface area contributed by atoms with E-state index >= 15 is 0 Å². The van der Waals surface area contributed by atoms with Crippen molar-refractivity contribution < 1.29 is 24.1 Å². The van der Waals surface area contributed by atoms with E-state index in [9.17, 15) is 9.18 Å². The fraction of sp³-hybridized carbons (Fsp3) is 0.607. The van der Waals surface area contributed by atoms with Crippen molar-refractivity contribution >= 4 is 40.7 Å². The summed E-state index contributed by atoms with van der Waals surface area (Å²) in [6, 6.07) is 3.66. The SMILES string of the molecule is CC[C@H]1CN(c2nc(N)c(C(=O)NCCO)nc2Cl)CCN1C1CCN(Cc2cc(F)c(Cl)cc2OCCCO)CC1. The first kappa shape index (κ1) is 32.4. The molecule has 0 unspecified atom stereocenters. The molecule has 0 aliphatic carbocycles. The minimum atomic E-state index is -0.531. The van der Waals surface area contributed by atoms with Crippen LogP contribution in [0.2, 0.25) is 10.2 Å². The third-order valence-corrected chi connectivity index (χ3v) is 8.40. The molecule has 0 radical (unpaired) electrons. The van der Waals surface area contributed by atoms with E-state index in [0.717, 1.165) is 44.5 Å². The van der Waals surface area contributed by atoms with Gasteiger partial charge in [-0.15, -0.1) is 0 Å². The van der Waals surface area contributed by atoms with E-state index in [2.05, 4.69) is 36.9 Å². The van der Waals surface area contributed by atoms with Crippen LogP contribution in [0, 0.1) is 5.82 Å². The summed E-state index contributed by atoms with van der Waals surface area (Å²) in [5.74, 6) is 0.0196. The van der Waals surface area contributed by atoms with Gasteiger partial charge < -0.3 is 30.9 Å². The number of nitrogen functional groups attached to an aromatic ring is 1. The minimum absolute atomic E-state index is 0.00443. The van der Waals surface area contributed by atoms with Crippen molar-refractivity contribution in [2.45, 2.75) is 51.2 Å². The van der Waals surface area contributed by atoms with Crippen molar-refractivity contribution in [1.29, 1.82) is 0 Å². The van der Waals surface area contributed by atoms with Gasteiger partial charge in [-0.25, -0.2) is 14.4 Å². The van der Waals surface area contributed by atoms with Crippen LogP contribution in [0.15, 0.2) is 12.1 Å². The fourth-order valence-corrected chi connectivity index (χ4v) is 6.07. The number of halogens is 3. The van der Waals surface area contributed by atoms with Gasteiger partial charge in [0, 0.05) is 69.5 Å². The van der Waals surface area contributed by atoms with E-state index in [1.165, 1.54) is 12.1 Å². The van der Waals surface area contributed by atoms with Crippen molar-refractivity contribution in [2.24, 2.45) is 0 Å². The first-order chi connectivity index (χ1) is 20.2. The minimum Gasteiger partial charge on any atom is -0.493 e. The Morgan fingerprint density at radius 1 is 1.17 bits per heavy atom. The molecule has 2 fully saturated rings. The summed E-state index contributed by atoms with van der Waals surface area (Å²) in [6.07, 6.45) is 3.40. The molecule has 2 aromatic rings. The van der Waals surface area contributed by atoms with Gasteiger partial charge in [-0.1, -0.05) is 30.1 Å². The number of rotatable bonds is 12. The van der Waals surface area contributed by atoms with E-state index in [-0.39, 0.29) is 47.5 Å². The third-order valence-electron chi connectivity index (χ3n) is 7.86. The predicted molar refractivity (Wildman–Crippen MR) is 161 cm³/mol. The normalized spacial score (nSPS) is 18.8. The fourth-order valence-electron chi connectivity index (χ4n) is 5.67. The lowest BCUT2D eigenvalue weighted by molar-refractivity contribution is 0.0607. The number of nitrogens with one attached hydrogen (secondary N) is 1. The summed E-state index contributed by atoms with van der Waals surface area (Å²) in [7, 11) is 0. The molecule has 1 aromatic carbocycles. The number of hydrogen-bond donors (Lipinski definition) is 4. The maximum atomic E-state index is 14.3. The number of nitrogens with zero attached hydrogens (tertiary/aromatic N) is 5. The number of aliphatic hydroxyl groups excluding tert-OH is 2. The van der Waals surface area contributed by atoms with Crippen LogP contribution in [0.3, 0.4) is 0 Å². The topological polar surface area (TPSA) is 140 Å². The van der Waals surface area contributed by atoms with Crippen LogP contribution < -0.4 is 20.7 Å². The molecule has 14 heteroatoms. The highest BCUT2D eigenvalue weighted by atomic mass is 35.5. The van der Waals surface area contributed by atoms with E-state index in [1.54, 1.807) is 0 Å². The molecular formula is C28H40Cl2FN7O4. The number of likely N-dealkylation sites (tertiary alicyclic amines) is 1. The maximum Gasteiger partial charge on any atom is 0.273 e. The van der Waals surface area contributed by atoms with E-state index in [4.69, 9.17) is 43.9 Å². The first-order valence-electron chi connectivity index (χ1n) is 14.4. The molecule has 2 saturated heterocycles. The molecule has 11 nitrogen and oxygen atoms in total. The molecule has 0 spiro atoms. The second-order valence-electron chi connectivity index (χ2n) is 10.6. The number of piperazine rings is 1. The molecule has 2 aliphatic heterocycles. The number of carbonyl (C=O) groups is 1. The van der Waals surface area contributed by atoms with E-state index < -0.39 is 11.7 Å². The van der Waals surface area contributed by atoms with Crippen LogP contribution in [-0.4, -0.2) is 107 Å². The zero-order chi connectivity index (χ0) is 30.2. The van der Waals surface area contributed by atoms with Crippen molar-refractivity contribution in [3.8, 4) is 5.75 Å². The lowest BCUT2D eigenvalue weighted by Crippen LogP contribution is -2.58. The third kappa shape index (κ3) is 7.91. The van der Waals surface area contributed by atoms with Crippen molar-refractivity contribution in [3.63, 3.8) is 0 Å². The summed E-state index contributed by atoms with van der Waals surface area (Å²) in [4.78, 5) is 27.9. The summed E-state index contributed by atoms with van der Waals surface area (Å²) in [5.41, 5.74) is 6.76. The average Bonchev–Trinajstić information content (AvgIpc) is 2.99. The Hall–Kier alpha value is -2.48. The maximum absolute atomic E-state index is 14.3. The number of piperidine rings is 1. The molecule has 42 heavy (non-hydrogen) atoms. The van der Waals surface area contributed by atoms with Gasteiger partial charge in [-0.3, -0.25) is 14.6 Å². The van der Waals surface area contributed by atoms with Gasteiger partial charge in [-0.2, -0.15) is 0 Å². The summed E-state index contributed by atoms with van der Waals surface area (Å²) >= 11 is 12.5. The molecule has 232 valence electrons. The molecule has 0 bridgehead atoms. The summed E-state index contributed by atoms with van der Waals surface area (Å²) in [5, 5.41) is 20.7. The quantitative estimate of drug-likeness (QED) is 0.259. The highest BCUT2D eigenvalue weighted by Gasteiger charge is 2.34. The van der Waals surface area contributed by atoms with Gasteiger partial charge in [0.25, 0.3) is 5.91 Å². The van der Waals surface area contributed by atoms with Crippen LogP contribution in [0.4, 0.5) is 16.0 Å². The Balaban J connectivity index is 1.36. The zero-order valence-corrected chi connectivity index (χ0v) is 25.4. The Bertz CT molecular complexity index is 1220. The number of amides is 1. The Morgan fingerprint density at radius 2 is 1.93 bits per heavy atom. The van der Waals surface area contributed by atoms with Crippen molar-refractivity contribution in [3.05, 3.63) is 39.4 Å². The molecular weight excluding hydrogens is 588 g/mol. The predicted octanol–water partition coefficient (Wildman–Crippen LogP) is 2.55. The smallest absolute Gasteiger partial charge is 0.273 e. The van der Waals surface area contributed by atoms with Gasteiger partial charge in [0.15, 0.2) is 22.5 Å². The molecule has 0 saturated carbocycles. The number of nitrogens with two attached hydrogens (primary N) is 1. The highest BCUT2D eigenvalue weighted by Crippen LogP contribution is 2.32. The first-order valence-corrected chi connectivity index (χ1v) is 15.2. The molecule has 3 heterocycles. The standard InChI is InChI=1S/C28H40Cl2FN7O4/c1-2-19-17-37(27-25(30)34-24(26(32)35-27)28(41)33-6-12-40)9-10-38(19)20-4-7-36(8-5-20)16-18-14-22(31)21(29)15-23(18)42-13-3-11-39/h14-15,19-20,39-40H,2-13,16-17H2,1H3,(H2,32,35)(H,33,41)/t19-/m0/s1. The van der Waals surface area contributed by atoms with Crippen molar-refractivity contribution in [2.75, 3.05) is 69.7 Å². The van der Waals surface area contributed by atoms with Crippen LogP contribution in [-0.2, 0) is 6.54 Å². The van der Waals surface area contributed by atoms with Crippen molar-refractivity contribution in [1.82, 2.24) is 25.1 Å². The molecule has 1 amide bonds. The number of anilines is 2. The Morgan fingerprint density at radius 3 is 2.62 bits per heavy atom. The number of aliphatic hydroxyl groups is 2. The second kappa shape index (κ2) is 15.3. The lowest BCUT2D eigenvalue weighted by Gasteiger charge is -2.47. The van der Waals surface area contributed by atoms with Gasteiger partial charge in [0.05, 0.1) is 18.2 Å². The summed E-state index contributed by atoms with van der Waals surface area (Å²) < 4.78 is 20.1. The van der Waals surface area contributed by atoms with Crippen LogP contribution in [0.1, 0.15) is 48.7 Å². The molecule has 2 aliphatic rings. The zero-order valence-electron chi connectivity index (χ0n) is 23.9. The number of ether oxygens (including phenoxy) is 1. The van der Waals surface area contributed by atoms with Crippen LogP contribution in [0.5, 0.6) is 5.75 Å². The van der Waals surface area contributed by atoms with Gasteiger partial charge in [0.1, 0.15) is 11.6 Å². The second-order valence-corrected chi connectivity index (χ2v) is 11.4. The van der Waals surface area contributed by atoms with Crippen LogP contribution in [0.25, 0.3) is 0 Å². The molecule has 4 rings (SSSR count). The molecule has 1 aromatic heterocycles. The summed E-state index contributed by atoms with van der Waals surface area (Å²) in [6.45, 7) is 6.94. The van der Waals surface area contributed by atoms with E-state index in [1.807, 2.05) is 0 Å². The number of carbonyl (C=O) groups excluding carboxylic acids is 1. The number of benzene rings is 1. The van der Waals surface area contributed by atoms with Gasteiger partial charge in [-0.05, 0) is 38.4 Å². The lowest BCUT2D eigenvalue weighted by atomic mass is 9.97. The van der Waals surface area contributed by atoms with Crippen LogP contribution >= 0.6 is 23.2 Å². The monoisotopic (exact) mass is 627 g/mol. The molecule has 1 atom stereocenters. The van der Waals surface area contributed by atoms with E-state index in [0.29, 0.717) is 50.3 Å². The van der Waals surface area contributed by atoms with Gasteiger partial charge in [0.2, 0.25) is 0 Å². The average molecular weight is 629 g/mol. The molecule has 5 N–H and O–H groups in total. The number of hydrogen-bond acceptors (Lipinski definition) is 10. The number of aromatic nitrogens is 2. The largest absolute Gasteiger partial charge is 0.493 e. The Kier molecular flexibility index (Phi) is 11.8. The Labute approximate surface area is 255 Å².